The van der Waals surface area contributed by atoms with Gasteiger partial charge in [0, 0.05) is 6.54 Å². The Labute approximate surface area is 228 Å². The van der Waals surface area contributed by atoms with E-state index < -0.39 is 35.4 Å². The molecule has 2 N–H and O–H groups in total. The Bertz CT molecular complexity index is 1240. The maximum Gasteiger partial charge on any atom is 0.416 e. The molecule has 1 aliphatic carbocycles. The number of nitrogens with zero attached hydrogens (tertiary/aromatic N) is 1. The third-order valence-electron chi connectivity index (χ3n) is 8.54. The largest absolute Gasteiger partial charge is 0.489 e. The van der Waals surface area contributed by atoms with E-state index in [1.807, 2.05) is 18.2 Å². The predicted molar refractivity (Wildman–Crippen MR) is 136 cm³/mol. The quantitative estimate of drug-likeness (QED) is 0.350. The number of carboxylic acids is 1. The van der Waals surface area contributed by atoms with Crippen molar-refractivity contribution in [2.24, 2.45) is 17.8 Å². The number of nitrogens with one attached hydrogen (secondary N) is 1. The molecule has 5 rings (SSSR count). The highest BCUT2D eigenvalue weighted by atomic mass is 19.4. The Morgan fingerprint density at radius 2 is 1.73 bits per heavy atom. The molecule has 2 aromatic rings. The van der Waals surface area contributed by atoms with Crippen LogP contribution in [-0.4, -0.2) is 41.7 Å². The van der Waals surface area contributed by atoms with Crippen LogP contribution in [0.3, 0.4) is 0 Å². The van der Waals surface area contributed by atoms with Gasteiger partial charge in [-0.2, -0.15) is 26.3 Å². The van der Waals surface area contributed by atoms with Crippen molar-refractivity contribution in [3.63, 3.8) is 0 Å². The number of ether oxygens (including phenoxy) is 1. The van der Waals surface area contributed by atoms with Crippen LogP contribution >= 0.6 is 0 Å². The summed E-state index contributed by atoms with van der Waals surface area (Å²) in [7, 11) is 0. The molecule has 0 amide bonds. The number of rotatable bonds is 7. The molecule has 2 fully saturated rings. The second-order valence-corrected chi connectivity index (χ2v) is 11.3. The van der Waals surface area contributed by atoms with Gasteiger partial charge in [0.1, 0.15) is 12.4 Å². The number of hydrogen-bond donors (Lipinski definition) is 2. The molecule has 0 bridgehead atoms. The number of alkyl halides is 6. The van der Waals surface area contributed by atoms with Crippen molar-refractivity contribution in [2.45, 2.75) is 63.5 Å². The lowest BCUT2D eigenvalue weighted by molar-refractivity contribution is -0.142. The molecule has 2 aromatic carbocycles. The van der Waals surface area contributed by atoms with E-state index in [2.05, 4.69) is 5.32 Å². The van der Waals surface area contributed by atoms with E-state index in [4.69, 9.17) is 4.74 Å². The summed E-state index contributed by atoms with van der Waals surface area (Å²) in [5, 5.41) is 13.2. The lowest BCUT2D eigenvalue weighted by Gasteiger charge is -2.39. The number of halogens is 6. The molecule has 1 saturated heterocycles. The minimum atomic E-state index is -4.74. The Morgan fingerprint density at radius 1 is 1.02 bits per heavy atom. The van der Waals surface area contributed by atoms with Crippen LogP contribution in [0, 0.1) is 17.8 Å². The molecular weight excluding hydrogens is 538 g/mol. The average Bonchev–Trinajstić information content (AvgIpc) is 3.73. The van der Waals surface area contributed by atoms with Crippen LogP contribution in [0.15, 0.2) is 36.4 Å². The fourth-order valence-corrected chi connectivity index (χ4v) is 6.18. The van der Waals surface area contributed by atoms with Gasteiger partial charge < -0.3 is 15.2 Å². The topological polar surface area (TPSA) is 61.8 Å². The lowest BCUT2D eigenvalue weighted by Crippen LogP contribution is -2.44. The minimum absolute atomic E-state index is 0.0412. The van der Waals surface area contributed by atoms with Crippen LogP contribution in [0.5, 0.6) is 5.75 Å². The summed E-state index contributed by atoms with van der Waals surface area (Å²) in [6.07, 6.45) is -6.15. The van der Waals surface area contributed by atoms with Gasteiger partial charge in [-0.25, -0.2) is 0 Å². The monoisotopic (exact) mass is 570 g/mol. The highest BCUT2D eigenvalue weighted by Gasteiger charge is 2.40. The number of carbonyl (C=O) groups is 1. The van der Waals surface area contributed by atoms with Crippen LogP contribution in [0.2, 0.25) is 0 Å². The summed E-state index contributed by atoms with van der Waals surface area (Å²) in [5.74, 6) is -0.206. The Hall–Kier alpha value is -2.95. The molecule has 3 aliphatic rings. The van der Waals surface area contributed by atoms with Crippen LogP contribution < -0.4 is 10.1 Å². The number of hydrogen-bond acceptors (Lipinski definition) is 4. The van der Waals surface area contributed by atoms with Gasteiger partial charge in [0.2, 0.25) is 0 Å². The molecule has 0 radical (unpaired) electrons. The minimum Gasteiger partial charge on any atom is -0.489 e. The van der Waals surface area contributed by atoms with Crippen molar-refractivity contribution in [3.8, 4) is 5.75 Å². The summed E-state index contributed by atoms with van der Waals surface area (Å²) in [4.78, 5) is 13.5. The van der Waals surface area contributed by atoms with Crippen molar-refractivity contribution < 1.29 is 41.0 Å². The summed E-state index contributed by atoms with van der Waals surface area (Å²) < 4.78 is 86.1. The lowest BCUT2D eigenvalue weighted by atomic mass is 9.82. The molecule has 11 heteroatoms. The SMILES string of the molecule is CC(C(=O)O)C(c1ccc2c(c1)NC(C1CCN(Cc3cc(C(F)(F)F)ccc3C(F)(F)F)CC1)CO2)C1CC1. The van der Waals surface area contributed by atoms with E-state index in [0.29, 0.717) is 62.4 Å². The van der Waals surface area contributed by atoms with Gasteiger partial charge >= 0.3 is 18.3 Å². The van der Waals surface area contributed by atoms with Crippen molar-refractivity contribution in [3.05, 3.63) is 58.7 Å². The molecular formula is C29H32F6N2O3. The van der Waals surface area contributed by atoms with Gasteiger partial charge in [0.05, 0.1) is 28.8 Å². The average molecular weight is 571 g/mol. The summed E-state index contributed by atoms with van der Waals surface area (Å²) in [6, 6.07) is 7.35. The normalized spacial score (nSPS) is 22.1. The second-order valence-electron chi connectivity index (χ2n) is 11.3. The van der Waals surface area contributed by atoms with Crippen LogP contribution in [0.4, 0.5) is 32.0 Å². The van der Waals surface area contributed by atoms with E-state index in [0.717, 1.165) is 24.1 Å². The highest BCUT2D eigenvalue weighted by molar-refractivity contribution is 5.71. The molecule has 40 heavy (non-hydrogen) atoms. The zero-order valence-electron chi connectivity index (χ0n) is 22.0. The van der Waals surface area contributed by atoms with Gasteiger partial charge in [-0.1, -0.05) is 13.0 Å². The van der Waals surface area contributed by atoms with E-state index >= 15 is 0 Å². The first kappa shape index (κ1) is 28.6. The molecule has 0 aromatic heterocycles. The zero-order chi connectivity index (χ0) is 28.8. The Kier molecular flexibility index (Phi) is 7.71. The van der Waals surface area contributed by atoms with E-state index in [9.17, 15) is 36.2 Å². The van der Waals surface area contributed by atoms with Crippen molar-refractivity contribution in [1.82, 2.24) is 4.90 Å². The number of piperidine rings is 1. The summed E-state index contributed by atoms with van der Waals surface area (Å²) in [6.45, 7) is 2.84. The van der Waals surface area contributed by atoms with Crippen molar-refractivity contribution in [1.29, 1.82) is 0 Å². The van der Waals surface area contributed by atoms with Gasteiger partial charge in [-0.15, -0.1) is 0 Å². The number of carboxylic acid groups (broad SMARTS) is 1. The zero-order valence-corrected chi connectivity index (χ0v) is 22.0. The van der Waals surface area contributed by atoms with Crippen LogP contribution in [-0.2, 0) is 23.7 Å². The molecule has 2 aliphatic heterocycles. The molecule has 3 unspecified atom stereocenters. The summed E-state index contributed by atoms with van der Waals surface area (Å²) >= 11 is 0. The second kappa shape index (κ2) is 10.8. The van der Waals surface area contributed by atoms with E-state index in [1.54, 1.807) is 11.8 Å². The molecule has 5 nitrogen and oxygen atoms in total. The maximum absolute atomic E-state index is 13.5. The van der Waals surface area contributed by atoms with Crippen molar-refractivity contribution in [2.75, 3.05) is 25.0 Å². The molecule has 2 heterocycles. The maximum atomic E-state index is 13.5. The van der Waals surface area contributed by atoms with Gasteiger partial charge in [-0.3, -0.25) is 9.69 Å². The Balaban J connectivity index is 1.24. The van der Waals surface area contributed by atoms with E-state index in [-0.39, 0.29) is 30.0 Å². The summed E-state index contributed by atoms with van der Waals surface area (Å²) in [5.41, 5.74) is -0.739. The number of fused-ring (bicyclic) bond motifs is 1. The van der Waals surface area contributed by atoms with Crippen LogP contribution in [0.25, 0.3) is 0 Å². The van der Waals surface area contributed by atoms with Crippen molar-refractivity contribution >= 4 is 11.7 Å². The first-order valence-electron chi connectivity index (χ1n) is 13.6. The highest BCUT2D eigenvalue weighted by Crippen LogP contribution is 2.48. The first-order chi connectivity index (χ1) is 18.8. The third-order valence-corrected chi connectivity index (χ3v) is 8.54. The number of anilines is 1. The molecule has 218 valence electrons. The molecule has 1 saturated carbocycles. The predicted octanol–water partition coefficient (Wildman–Crippen LogP) is 7.02. The number of benzene rings is 2. The van der Waals surface area contributed by atoms with E-state index in [1.165, 1.54) is 0 Å². The number of aliphatic carboxylic acids is 1. The van der Waals surface area contributed by atoms with Gasteiger partial charge in [0.15, 0.2) is 0 Å². The standard InChI is InChI=1S/C29H32F6N2O3/c1-16(27(38)39)26(18-2-3-18)19-4-7-25-23(13-19)36-24(15-40-25)17-8-10-37(11-9-17)14-20-12-21(28(30,31)32)5-6-22(20)29(33,34)35/h4-7,12-13,16-18,24,26,36H,2-3,8-11,14-15H2,1H3,(H,38,39). The third kappa shape index (κ3) is 6.19. The first-order valence-corrected chi connectivity index (χ1v) is 13.6. The van der Waals surface area contributed by atoms with Gasteiger partial charge in [0.25, 0.3) is 0 Å². The smallest absolute Gasteiger partial charge is 0.416 e. The number of likely N-dealkylation sites (tertiary alicyclic amines) is 1. The Morgan fingerprint density at radius 3 is 2.33 bits per heavy atom. The fourth-order valence-electron chi connectivity index (χ4n) is 6.18. The van der Waals surface area contributed by atoms with Gasteiger partial charge in [-0.05, 0) is 98.0 Å². The fraction of sp³-hybridized carbons (Fsp3) is 0.552. The van der Waals surface area contributed by atoms with Crippen LogP contribution in [0.1, 0.15) is 60.8 Å². The molecule has 3 atom stereocenters. The molecule has 0 spiro atoms.